The Morgan fingerprint density at radius 3 is 2.62 bits per heavy atom. The van der Waals surface area contributed by atoms with E-state index in [0.29, 0.717) is 0 Å². The Kier molecular flexibility index (Phi) is 5.20. The molecule has 0 bridgehead atoms. The van der Waals surface area contributed by atoms with Gasteiger partial charge in [0.2, 0.25) is 0 Å². The van der Waals surface area contributed by atoms with Crippen LogP contribution in [-0.4, -0.2) is 44.2 Å². The van der Waals surface area contributed by atoms with Gasteiger partial charge in [-0.2, -0.15) is 0 Å². The molecule has 2 amide bonds. The van der Waals surface area contributed by atoms with E-state index < -0.39 is 15.9 Å². The summed E-state index contributed by atoms with van der Waals surface area (Å²) in [4.78, 5) is 14.6. The zero-order chi connectivity index (χ0) is 17.0. The van der Waals surface area contributed by atoms with Gasteiger partial charge in [0.25, 0.3) is 0 Å². The van der Waals surface area contributed by atoms with E-state index in [4.69, 9.17) is 0 Å². The summed E-state index contributed by atoms with van der Waals surface area (Å²) in [6.45, 7) is 2.99. The molecule has 6 nitrogen and oxygen atoms in total. The molecule has 3 rings (SSSR count). The molecule has 0 aliphatic carbocycles. The standard InChI is InChI=1S/C17H23N3O3S/c21-17(18-15-8-11-24(22,23)13-15)19-16-7-3-2-6-14(16)12-20-9-4-1-5-10-20/h2-3,6-8,11,15H,1,4-5,9-10,12-13H2,(H2,18,19,21). The van der Waals surface area contributed by atoms with Gasteiger partial charge in [0.1, 0.15) is 0 Å². The van der Waals surface area contributed by atoms with Crippen LogP contribution in [0.2, 0.25) is 0 Å². The number of nitrogens with zero attached hydrogens (tertiary/aromatic N) is 1. The van der Waals surface area contributed by atoms with Gasteiger partial charge in [-0.3, -0.25) is 4.90 Å². The first-order valence-corrected chi connectivity index (χ1v) is 10.0. The minimum atomic E-state index is -3.17. The first-order valence-electron chi connectivity index (χ1n) is 8.31. The average Bonchev–Trinajstić information content (AvgIpc) is 2.89. The molecule has 1 unspecified atom stereocenters. The molecule has 2 heterocycles. The molecule has 1 atom stereocenters. The monoisotopic (exact) mass is 349 g/mol. The zero-order valence-corrected chi connectivity index (χ0v) is 14.4. The molecule has 1 aromatic rings. The van der Waals surface area contributed by atoms with E-state index in [1.54, 1.807) is 0 Å². The van der Waals surface area contributed by atoms with Crippen molar-refractivity contribution in [1.29, 1.82) is 0 Å². The Labute approximate surface area is 142 Å². The molecular weight excluding hydrogens is 326 g/mol. The third-order valence-electron chi connectivity index (χ3n) is 4.35. The number of amides is 2. The molecule has 2 aliphatic rings. The van der Waals surface area contributed by atoms with Gasteiger partial charge in [0, 0.05) is 17.6 Å². The van der Waals surface area contributed by atoms with Crippen molar-refractivity contribution in [2.45, 2.75) is 31.8 Å². The van der Waals surface area contributed by atoms with E-state index in [9.17, 15) is 13.2 Å². The van der Waals surface area contributed by atoms with Crippen molar-refractivity contribution in [2.75, 3.05) is 24.2 Å². The van der Waals surface area contributed by atoms with E-state index in [1.807, 2.05) is 24.3 Å². The Morgan fingerprint density at radius 1 is 1.17 bits per heavy atom. The van der Waals surface area contributed by atoms with E-state index >= 15 is 0 Å². The molecule has 24 heavy (non-hydrogen) atoms. The molecule has 0 aromatic heterocycles. The number of hydrogen-bond acceptors (Lipinski definition) is 4. The number of likely N-dealkylation sites (tertiary alicyclic amines) is 1. The van der Waals surface area contributed by atoms with Crippen LogP contribution in [0.25, 0.3) is 0 Å². The van der Waals surface area contributed by atoms with Gasteiger partial charge in [0.15, 0.2) is 9.84 Å². The SMILES string of the molecule is O=C(Nc1ccccc1CN1CCCCC1)NC1C=CS(=O)(=O)C1. The maximum atomic E-state index is 12.2. The van der Waals surface area contributed by atoms with Crippen molar-refractivity contribution in [3.8, 4) is 0 Å². The van der Waals surface area contributed by atoms with E-state index in [0.717, 1.165) is 36.3 Å². The van der Waals surface area contributed by atoms with E-state index in [2.05, 4.69) is 15.5 Å². The van der Waals surface area contributed by atoms with Crippen LogP contribution >= 0.6 is 0 Å². The zero-order valence-electron chi connectivity index (χ0n) is 13.6. The summed E-state index contributed by atoms with van der Waals surface area (Å²) in [5.74, 6) is -0.0736. The number of piperidine rings is 1. The van der Waals surface area contributed by atoms with E-state index in [-0.39, 0.29) is 11.8 Å². The summed E-state index contributed by atoms with van der Waals surface area (Å²) < 4.78 is 22.8. The van der Waals surface area contributed by atoms with Gasteiger partial charge in [-0.1, -0.05) is 24.6 Å². The van der Waals surface area contributed by atoms with Crippen molar-refractivity contribution < 1.29 is 13.2 Å². The Morgan fingerprint density at radius 2 is 1.92 bits per heavy atom. The lowest BCUT2D eigenvalue weighted by molar-refractivity contribution is 0.221. The molecule has 1 aromatic carbocycles. The number of sulfone groups is 1. The largest absolute Gasteiger partial charge is 0.331 e. The summed E-state index contributed by atoms with van der Waals surface area (Å²) >= 11 is 0. The highest BCUT2D eigenvalue weighted by atomic mass is 32.2. The van der Waals surface area contributed by atoms with Crippen LogP contribution in [0.15, 0.2) is 35.7 Å². The number of nitrogens with one attached hydrogen (secondary N) is 2. The number of para-hydroxylation sites is 1. The number of anilines is 1. The van der Waals surface area contributed by atoms with Gasteiger partial charge in [-0.05, 0) is 43.6 Å². The van der Waals surface area contributed by atoms with Gasteiger partial charge >= 0.3 is 6.03 Å². The van der Waals surface area contributed by atoms with Gasteiger partial charge in [-0.15, -0.1) is 0 Å². The van der Waals surface area contributed by atoms with Crippen LogP contribution in [0.3, 0.4) is 0 Å². The summed E-state index contributed by atoms with van der Waals surface area (Å²) in [5, 5.41) is 6.69. The Hall–Kier alpha value is -1.86. The second-order valence-corrected chi connectivity index (χ2v) is 8.29. The first kappa shape index (κ1) is 17.0. The number of benzene rings is 1. The predicted molar refractivity (Wildman–Crippen MR) is 94.4 cm³/mol. The number of urea groups is 1. The van der Waals surface area contributed by atoms with Gasteiger partial charge in [-0.25, -0.2) is 13.2 Å². The molecule has 2 N–H and O–H groups in total. The lowest BCUT2D eigenvalue weighted by Gasteiger charge is -2.27. The molecular formula is C17H23N3O3S. The highest BCUT2D eigenvalue weighted by Crippen LogP contribution is 2.20. The van der Waals surface area contributed by atoms with Crippen LogP contribution in [0.4, 0.5) is 10.5 Å². The lowest BCUT2D eigenvalue weighted by atomic mass is 10.1. The number of carbonyl (C=O) groups excluding carboxylic acids is 1. The average molecular weight is 349 g/mol. The smallest absolute Gasteiger partial charge is 0.319 e. The highest BCUT2D eigenvalue weighted by Gasteiger charge is 2.23. The molecule has 7 heteroatoms. The molecule has 1 saturated heterocycles. The summed E-state index contributed by atoms with van der Waals surface area (Å²) in [5.41, 5.74) is 1.84. The third-order valence-corrected chi connectivity index (χ3v) is 5.75. The fraction of sp³-hybridized carbons (Fsp3) is 0.471. The lowest BCUT2D eigenvalue weighted by Crippen LogP contribution is -2.38. The van der Waals surface area contributed by atoms with Crippen LogP contribution < -0.4 is 10.6 Å². The molecule has 130 valence electrons. The second kappa shape index (κ2) is 7.36. The van der Waals surface area contributed by atoms with Gasteiger partial charge < -0.3 is 10.6 Å². The van der Waals surface area contributed by atoms with Crippen molar-refractivity contribution in [2.24, 2.45) is 0 Å². The van der Waals surface area contributed by atoms with Crippen molar-refractivity contribution in [1.82, 2.24) is 10.2 Å². The van der Waals surface area contributed by atoms with Crippen molar-refractivity contribution >= 4 is 21.6 Å². The molecule has 1 fully saturated rings. The van der Waals surface area contributed by atoms with Crippen LogP contribution in [0.1, 0.15) is 24.8 Å². The maximum Gasteiger partial charge on any atom is 0.319 e. The Balaban J connectivity index is 1.60. The predicted octanol–water partition coefficient (Wildman–Crippen LogP) is 2.10. The fourth-order valence-corrected chi connectivity index (χ4v) is 4.37. The topological polar surface area (TPSA) is 78.5 Å². The van der Waals surface area contributed by atoms with Crippen LogP contribution in [0.5, 0.6) is 0 Å². The number of carbonyl (C=O) groups is 1. The molecule has 0 spiro atoms. The maximum absolute atomic E-state index is 12.2. The van der Waals surface area contributed by atoms with Crippen LogP contribution in [0, 0.1) is 0 Å². The van der Waals surface area contributed by atoms with Crippen molar-refractivity contribution in [3.63, 3.8) is 0 Å². The molecule has 0 saturated carbocycles. The quantitative estimate of drug-likeness (QED) is 0.873. The molecule has 0 radical (unpaired) electrons. The normalized spacial score (nSPS) is 23.1. The minimum Gasteiger partial charge on any atom is -0.331 e. The summed E-state index contributed by atoms with van der Waals surface area (Å²) in [7, 11) is -3.17. The second-order valence-electron chi connectivity index (χ2n) is 6.36. The fourth-order valence-electron chi connectivity index (χ4n) is 3.13. The molecule has 2 aliphatic heterocycles. The third kappa shape index (κ3) is 4.58. The number of hydrogen-bond donors (Lipinski definition) is 2. The first-order chi connectivity index (χ1) is 11.5. The van der Waals surface area contributed by atoms with Gasteiger partial charge in [0.05, 0.1) is 11.8 Å². The minimum absolute atomic E-state index is 0.0736. The highest BCUT2D eigenvalue weighted by molar-refractivity contribution is 7.94. The Bertz CT molecular complexity index is 724. The van der Waals surface area contributed by atoms with Crippen molar-refractivity contribution in [3.05, 3.63) is 41.3 Å². The number of rotatable bonds is 4. The van der Waals surface area contributed by atoms with Crippen LogP contribution in [-0.2, 0) is 16.4 Å². The summed E-state index contributed by atoms with van der Waals surface area (Å²) in [6.07, 6.45) is 5.24. The van der Waals surface area contributed by atoms with E-state index in [1.165, 1.54) is 25.3 Å². The summed E-state index contributed by atoms with van der Waals surface area (Å²) in [6, 6.07) is 6.89.